The molecule has 1 N–H and O–H groups in total. The molecule has 2 aliphatic rings. The molecular formula is C22H30F3NO3. The van der Waals surface area contributed by atoms with Gasteiger partial charge in [-0.15, -0.1) is 0 Å². The van der Waals surface area contributed by atoms with Gasteiger partial charge in [0.2, 0.25) is 5.91 Å². The lowest BCUT2D eigenvalue weighted by Crippen LogP contribution is -2.55. The third kappa shape index (κ3) is 4.25. The quantitative estimate of drug-likeness (QED) is 0.731. The molecule has 1 aromatic carbocycles. The molecule has 29 heavy (non-hydrogen) atoms. The predicted octanol–water partition coefficient (Wildman–Crippen LogP) is 4.76. The van der Waals surface area contributed by atoms with E-state index in [4.69, 9.17) is 9.47 Å². The van der Waals surface area contributed by atoms with Gasteiger partial charge in [-0.1, -0.05) is 18.6 Å². The van der Waals surface area contributed by atoms with Crippen LogP contribution in [0.5, 0.6) is 5.75 Å². The molecule has 0 unspecified atom stereocenters. The summed E-state index contributed by atoms with van der Waals surface area (Å²) in [7, 11) is 1.61. The van der Waals surface area contributed by atoms with Crippen LogP contribution in [0.4, 0.5) is 13.2 Å². The summed E-state index contributed by atoms with van der Waals surface area (Å²) in [5.74, 6) is -0.131. The van der Waals surface area contributed by atoms with Gasteiger partial charge in [-0.3, -0.25) is 4.79 Å². The maximum atomic E-state index is 13.4. The van der Waals surface area contributed by atoms with Gasteiger partial charge in [0.05, 0.1) is 12.7 Å². The lowest BCUT2D eigenvalue weighted by atomic mass is 9.66. The summed E-state index contributed by atoms with van der Waals surface area (Å²) >= 11 is 0. The number of carbonyl (C=O) groups excluding carboxylic acids is 1. The van der Waals surface area contributed by atoms with Crippen LogP contribution in [0.25, 0.3) is 0 Å². The first kappa shape index (κ1) is 21.9. The molecule has 1 heterocycles. The number of methoxy groups -OCH3 is 1. The maximum Gasteiger partial charge on any atom is 0.403 e. The Bertz CT molecular complexity index is 726. The van der Waals surface area contributed by atoms with Crippen LogP contribution in [0, 0.1) is 5.41 Å². The number of nitrogens with one attached hydrogen (secondary N) is 1. The summed E-state index contributed by atoms with van der Waals surface area (Å²) in [5, 5.41) is 2.60. The number of hydrogen-bond donors (Lipinski definition) is 1. The van der Waals surface area contributed by atoms with Crippen LogP contribution in [0.3, 0.4) is 0 Å². The van der Waals surface area contributed by atoms with Crippen molar-refractivity contribution >= 4 is 5.91 Å². The van der Waals surface area contributed by atoms with E-state index in [2.05, 4.69) is 5.32 Å². The molecule has 1 aliphatic heterocycles. The zero-order valence-electron chi connectivity index (χ0n) is 17.3. The van der Waals surface area contributed by atoms with Crippen molar-refractivity contribution in [3.8, 4) is 5.75 Å². The van der Waals surface area contributed by atoms with Gasteiger partial charge in [0, 0.05) is 18.6 Å². The molecule has 0 radical (unpaired) electrons. The van der Waals surface area contributed by atoms with Crippen molar-refractivity contribution in [2.24, 2.45) is 5.41 Å². The van der Waals surface area contributed by atoms with Crippen molar-refractivity contribution in [2.45, 2.75) is 69.6 Å². The van der Waals surface area contributed by atoms with Crippen molar-refractivity contribution in [3.63, 3.8) is 0 Å². The molecule has 2 fully saturated rings. The van der Waals surface area contributed by atoms with E-state index in [1.807, 2.05) is 38.1 Å². The third-order valence-electron chi connectivity index (χ3n) is 6.61. The summed E-state index contributed by atoms with van der Waals surface area (Å²) in [6, 6.07) is 7.80. The second-order valence-electron chi connectivity index (χ2n) is 8.98. The van der Waals surface area contributed by atoms with Crippen molar-refractivity contribution < 1.29 is 27.4 Å². The fraction of sp³-hybridized carbons (Fsp3) is 0.682. The summed E-state index contributed by atoms with van der Waals surface area (Å²) < 4.78 is 51.4. The Morgan fingerprint density at radius 2 is 1.83 bits per heavy atom. The third-order valence-corrected chi connectivity index (χ3v) is 6.61. The molecule has 1 aromatic rings. The van der Waals surface area contributed by atoms with Crippen LogP contribution in [-0.4, -0.2) is 37.9 Å². The summed E-state index contributed by atoms with van der Waals surface area (Å²) in [4.78, 5) is 12.4. The van der Waals surface area contributed by atoms with Gasteiger partial charge >= 0.3 is 6.18 Å². The summed E-state index contributed by atoms with van der Waals surface area (Å²) in [6.45, 7) is 4.82. The van der Waals surface area contributed by atoms with Crippen molar-refractivity contribution in [1.82, 2.24) is 5.32 Å². The van der Waals surface area contributed by atoms with Crippen LogP contribution >= 0.6 is 0 Å². The Morgan fingerprint density at radius 3 is 2.31 bits per heavy atom. The highest BCUT2D eigenvalue weighted by Crippen LogP contribution is 2.53. The number of hydrogen-bond acceptors (Lipinski definition) is 3. The zero-order valence-corrected chi connectivity index (χ0v) is 17.3. The predicted molar refractivity (Wildman–Crippen MR) is 104 cm³/mol. The second-order valence-corrected chi connectivity index (χ2v) is 8.98. The van der Waals surface area contributed by atoms with E-state index in [-0.39, 0.29) is 30.4 Å². The molecule has 7 heteroatoms. The SMILES string of the molecule is COc1ccc([C@]2(CCNC(=O)C3(C(F)(F)F)CCC3)CCOC(C)(C)C2)cc1. The van der Waals surface area contributed by atoms with Crippen LogP contribution in [0.1, 0.15) is 57.9 Å². The standard InChI is InChI=1S/C22H30F3NO3/c1-19(2)15-20(12-14-29-19,16-5-7-17(28-3)8-6-16)11-13-26-18(27)21(9-4-10-21)22(23,24)25/h5-8H,4,9-15H2,1-3H3,(H,26,27)/t20-/m1/s1. The molecule has 0 aromatic heterocycles. The lowest BCUT2D eigenvalue weighted by Gasteiger charge is -2.46. The first-order chi connectivity index (χ1) is 13.5. The number of rotatable bonds is 6. The van der Waals surface area contributed by atoms with Crippen LogP contribution in [-0.2, 0) is 14.9 Å². The van der Waals surface area contributed by atoms with Crippen LogP contribution < -0.4 is 10.1 Å². The summed E-state index contributed by atoms with van der Waals surface area (Å²) in [5.41, 5.74) is -1.72. The molecule has 4 nitrogen and oxygen atoms in total. The van der Waals surface area contributed by atoms with Crippen LogP contribution in [0.15, 0.2) is 24.3 Å². The number of amides is 1. The fourth-order valence-corrected chi connectivity index (χ4v) is 4.78. The first-order valence-corrected chi connectivity index (χ1v) is 10.2. The molecule has 3 rings (SSSR count). The van der Waals surface area contributed by atoms with E-state index in [0.717, 1.165) is 24.2 Å². The molecule has 1 aliphatic carbocycles. The highest BCUT2D eigenvalue weighted by atomic mass is 19.4. The first-order valence-electron chi connectivity index (χ1n) is 10.2. The molecule has 1 atom stereocenters. The Kier molecular flexibility index (Phi) is 5.91. The van der Waals surface area contributed by atoms with E-state index in [0.29, 0.717) is 19.4 Å². The van der Waals surface area contributed by atoms with E-state index in [1.54, 1.807) is 7.11 Å². The Labute approximate surface area is 170 Å². The van der Waals surface area contributed by atoms with Gasteiger partial charge in [0.15, 0.2) is 0 Å². The molecule has 1 saturated heterocycles. The molecule has 1 amide bonds. The Hall–Kier alpha value is -1.76. The highest BCUT2D eigenvalue weighted by molar-refractivity contribution is 5.84. The van der Waals surface area contributed by atoms with E-state index < -0.39 is 17.5 Å². The van der Waals surface area contributed by atoms with Crippen molar-refractivity contribution in [2.75, 3.05) is 20.3 Å². The van der Waals surface area contributed by atoms with Gasteiger partial charge in [-0.2, -0.15) is 13.2 Å². The molecule has 162 valence electrons. The largest absolute Gasteiger partial charge is 0.497 e. The second kappa shape index (κ2) is 7.82. The number of benzene rings is 1. The molecule has 1 saturated carbocycles. The minimum atomic E-state index is -4.50. The Balaban J connectivity index is 1.75. The fourth-order valence-electron chi connectivity index (χ4n) is 4.78. The average molecular weight is 413 g/mol. The van der Waals surface area contributed by atoms with E-state index >= 15 is 0 Å². The van der Waals surface area contributed by atoms with E-state index in [9.17, 15) is 18.0 Å². The minimum Gasteiger partial charge on any atom is -0.497 e. The average Bonchev–Trinajstić information content (AvgIpc) is 2.58. The lowest BCUT2D eigenvalue weighted by molar-refractivity contribution is -0.243. The van der Waals surface area contributed by atoms with Gasteiger partial charge in [0.1, 0.15) is 11.2 Å². The summed E-state index contributed by atoms with van der Waals surface area (Å²) in [6.07, 6.45) is -2.25. The molecular weight excluding hydrogens is 383 g/mol. The number of ether oxygens (including phenoxy) is 2. The van der Waals surface area contributed by atoms with Crippen LogP contribution in [0.2, 0.25) is 0 Å². The highest BCUT2D eigenvalue weighted by Gasteiger charge is 2.63. The number of halogens is 3. The molecule has 0 bridgehead atoms. The normalized spacial score (nSPS) is 25.7. The van der Waals surface area contributed by atoms with Gasteiger partial charge < -0.3 is 14.8 Å². The van der Waals surface area contributed by atoms with Crippen molar-refractivity contribution in [1.29, 1.82) is 0 Å². The number of carbonyl (C=O) groups is 1. The maximum absolute atomic E-state index is 13.4. The van der Waals surface area contributed by atoms with Crippen molar-refractivity contribution in [3.05, 3.63) is 29.8 Å². The topological polar surface area (TPSA) is 47.6 Å². The monoisotopic (exact) mass is 413 g/mol. The number of alkyl halides is 3. The smallest absolute Gasteiger partial charge is 0.403 e. The van der Waals surface area contributed by atoms with Gasteiger partial charge in [-0.25, -0.2) is 0 Å². The minimum absolute atomic E-state index is 0.118. The zero-order chi connectivity index (χ0) is 21.3. The van der Waals surface area contributed by atoms with E-state index in [1.165, 1.54) is 0 Å². The Morgan fingerprint density at radius 1 is 1.17 bits per heavy atom. The van der Waals surface area contributed by atoms with Gasteiger partial charge in [-0.05, 0) is 63.6 Å². The molecule has 0 spiro atoms. The van der Waals surface area contributed by atoms with Gasteiger partial charge in [0.25, 0.3) is 0 Å².